The van der Waals surface area contributed by atoms with Crippen molar-refractivity contribution in [3.63, 3.8) is 0 Å². The van der Waals surface area contributed by atoms with E-state index < -0.39 is 9.84 Å². The molecule has 0 saturated heterocycles. The van der Waals surface area contributed by atoms with Gasteiger partial charge in [0, 0.05) is 10.8 Å². The minimum atomic E-state index is -3.77. The Balaban J connectivity index is 1.08. The quantitative estimate of drug-likeness (QED) is 0.145. The number of ether oxygens (including phenoxy) is 2. The predicted octanol–water partition coefficient (Wildman–Crippen LogP) is 8.90. The normalized spacial score (nSPS) is 12.0. The molecule has 0 amide bonds. The number of sulfone groups is 1. The first-order chi connectivity index (χ1) is 23.3. The summed E-state index contributed by atoms with van der Waals surface area (Å²) >= 11 is 0. The Kier molecular flexibility index (Phi) is 8.97. The molecular weight excluding hydrogens is 633 g/mol. The minimum Gasteiger partial charge on any atom is -0.872 e. The third kappa shape index (κ3) is 7.17. The van der Waals surface area contributed by atoms with E-state index in [1.165, 1.54) is 24.3 Å². The zero-order valence-electron chi connectivity index (χ0n) is 27.7. The smallest absolute Gasteiger partial charge is 0.206 e. The van der Waals surface area contributed by atoms with Gasteiger partial charge in [0.25, 0.3) is 0 Å². The van der Waals surface area contributed by atoms with Gasteiger partial charge in [-0.15, -0.1) is 11.5 Å². The first-order valence-corrected chi connectivity index (χ1v) is 17.4. The lowest BCUT2D eigenvalue weighted by atomic mass is 9.78. The summed E-state index contributed by atoms with van der Waals surface area (Å²) < 4.78 is 38.8. The molecule has 0 atom stereocenters. The fourth-order valence-corrected chi connectivity index (χ4v) is 7.00. The highest BCUT2D eigenvalue weighted by atomic mass is 32.2. The molecule has 0 aliphatic heterocycles. The van der Waals surface area contributed by atoms with Crippen molar-refractivity contribution in [1.82, 2.24) is 0 Å². The first kappa shape index (κ1) is 33.4. The molecule has 0 N–H and O–H groups in total. The molecule has 0 unspecified atom stereocenters. The van der Waals surface area contributed by atoms with Gasteiger partial charge >= 0.3 is 0 Å². The van der Waals surface area contributed by atoms with E-state index in [1.54, 1.807) is 48.5 Å². The van der Waals surface area contributed by atoms with Crippen molar-refractivity contribution in [3.8, 4) is 34.5 Å². The lowest BCUT2D eigenvalue weighted by Crippen LogP contribution is -2.18. The van der Waals surface area contributed by atoms with E-state index in [-0.39, 0.29) is 32.1 Å². The summed E-state index contributed by atoms with van der Waals surface area (Å²) in [6.07, 6.45) is 0. The summed E-state index contributed by atoms with van der Waals surface area (Å²) in [6.45, 7) is 8.40. The van der Waals surface area contributed by atoms with Crippen LogP contribution in [0.3, 0.4) is 0 Å². The maximum absolute atomic E-state index is 13.4. The van der Waals surface area contributed by atoms with Gasteiger partial charge in [0.2, 0.25) is 9.84 Å². The monoisotopic (exact) mass is 668 g/mol. The second-order valence-electron chi connectivity index (χ2n) is 13.0. The van der Waals surface area contributed by atoms with E-state index in [9.17, 15) is 18.6 Å². The van der Waals surface area contributed by atoms with Crippen LogP contribution in [0.1, 0.15) is 49.9 Å². The van der Waals surface area contributed by atoms with Crippen molar-refractivity contribution >= 4 is 9.84 Å². The van der Waals surface area contributed by atoms with E-state index in [1.807, 2.05) is 72.8 Å². The Morgan fingerprint density at radius 1 is 0.388 bits per heavy atom. The molecule has 0 heterocycles. The van der Waals surface area contributed by atoms with E-state index >= 15 is 0 Å². The molecule has 248 valence electrons. The second kappa shape index (κ2) is 13.2. The number of benzene rings is 6. The topological polar surface area (TPSA) is 98.7 Å². The van der Waals surface area contributed by atoms with Crippen LogP contribution in [0, 0.1) is 0 Å². The van der Waals surface area contributed by atoms with Gasteiger partial charge in [0.1, 0.15) is 23.0 Å². The average Bonchev–Trinajstić information content (AvgIpc) is 3.10. The first-order valence-electron chi connectivity index (χ1n) is 15.9. The highest BCUT2D eigenvalue weighted by molar-refractivity contribution is 7.91. The van der Waals surface area contributed by atoms with E-state index in [0.717, 1.165) is 22.3 Å². The fourth-order valence-electron chi connectivity index (χ4n) is 5.74. The summed E-state index contributed by atoms with van der Waals surface area (Å²) in [7, 11) is -3.77. The molecule has 49 heavy (non-hydrogen) atoms. The lowest BCUT2D eigenvalue weighted by Gasteiger charge is -2.27. The van der Waals surface area contributed by atoms with Crippen LogP contribution in [0.25, 0.3) is 0 Å². The zero-order valence-corrected chi connectivity index (χ0v) is 28.5. The standard InChI is InChI=1S/C42H38O6S/c1-41(2,29-5-13-33(43)14-6-29)31-9-17-35(18-10-31)47-37-21-25-39(26-22-37)49(45,46)40-27-23-38(24-28-40)48-36-19-11-32(12-20-36)42(3,4)30-7-15-34(44)16-8-30/h5-28,43-44H,1-4H3/p-2. The molecule has 0 aliphatic carbocycles. The van der Waals surface area contributed by atoms with Gasteiger partial charge in [0.15, 0.2) is 0 Å². The Bertz CT molecular complexity index is 1980. The third-order valence-corrected chi connectivity index (χ3v) is 10.8. The maximum Gasteiger partial charge on any atom is 0.206 e. The SMILES string of the molecule is CC(C)(c1ccc([O-])cc1)c1ccc(Oc2ccc(S(=O)(=O)c3ccc(Oc4ccc(C(C)(C)c5ccc([O-])cc5)cc4)cc3)cc2)cc1. The van der Waals surface area contributed by atoms with Crippen molar-refractivity contribution in [2.24, 2.45) is 0 Å². The number of hydrogen-bond acceptors (Lipinski definition) is 6. The zero-order chi connectivity index (χ0) is 34.8. The van der Waals surface area contributed by atoms with Crippen molar-refractivity contribution in [3.05, 3.63) is 168 Å². The van der Waals surface area contributed by atoms with E-state index in [0.29, 0.717) is 23.0 Å². The molecular formula is C42H36O6S-2. The highest BCUT2D eigenvalue weighted by Gasteiger charge is 2.24. The van der Waals surface area contributed by atoms with Crippen LogP contribution < -0.4 is 19.7 Å². The highest BCUT2D eigenvalue weighted by Crippen LogP contribution is 2.36. The molecule has 0 fully saturated rings. The third-order valence-electron chi connectivity index (χ3n) is 9.04. The molecule has 0 saturated carbocycles. The van der Waals surface area contributed by atoms with E-state index in [4.69, 9.17) is 9.47 Å². The summed E-state index contributed by atoms with van der Waals surface area (Å²) in [5.74, 6) is 2.22. The van der Waals surface area contributed by atoms with Crippen molar-refractivity contribution < 1.29 is 28.1 Å². The summed E-state index contributed by atoms with van der Waals surface area (Å²) in [5, 5.41) is 23.1. The number of rotatable bonds is 10. The molecule has 0 aliphatic rings. The predicted molar refractivity (Wildman–Crippen MR) is 187 cm³/mol. The van der Waals surface area contributed by atoms with Gasteiger partial charge in [0.05, 0.1) is 9.79 Å². The van der Waals surface area contributed by atoms with Gasteiger partial charge in [-0.3, -0.25) is 0 Å². The summed E-state index contributed by atoms with van der Waals surface area (Å²) in [6, 6.07) is 41.8. The van der Waals surface area contributed by atoms with E-state index in [2.05, 4.69) is 27.7 Å². The summed E-state index contributed by atoms with van der Waals surface area (Å²) in [4.78, 5) is 0.301. The van der Waals surface area contributed by atoms with Crippen molar-refractivity contribution in [2.45, 2.75) is 48.3 Å². The molecule has 6 nitrogen and oxygen atoms in total. The molecule has 0 aromatic heterocycles. The van der Waals surface area contributed by atoms with Crippen LogP contribution in [0.5, 0.6) is 34.5 Å². The van der Waals surface area contributed by atoms with Crippen LogP contribution in [-0.2, 0) is 20.7 Å². The van der Waals surface area contributed by atoms with Crippen molar-refractivity contribution in [1.29, 1.82) is 0 Å². The van der Waals surface area contributed by atoms with Gasteiger partial charge in [-0.05, 0) is 95.1 Å². The van der Waals surface area contributed by atoms with Crippen LogP contribution in [0.2, 0.25) is 0 Å². The van der Waals surface area contributed by atoms with Gasteiger partial charge in [-0.1, -0.05) is 100 Å². The Morgan fingerprint density at radius 2 is 0.612 bits per heavy atom. The molecule has 7 heteroatoms. The van der Waals surface area contributed by atoms with Gasteiger partial charge in [-0.25, -0.2) is 8.42 Å². The molecule has 6 aromatic rings. The molecule has 0 spiro atoms. The second-order valence-corrected chi connectivity index (χ2v) is 14.9. The van der Waals surface area contributed by atoms with Gasteiger partial charge < -0.3 is 19.7 Å². The average molecular weight is 669 g/mol. The molecule has 6 aromatic carbocycles. The van der Waals surface area contributed by atoms with Crippen LogP contribution in [0.4, 0.5) is 0 Å². The Hall–Kier alpha value is -5.53. The fraction of sp³-hybridized carbons (Fsp3) is 0.143. The van der Waals surface area contributed by atoms with Gasteiger partial charge in [-0.2, -0.15) is 0 Å². The minimum absolute atomic E-state index is 0.0181. The van der Waals surface area contributed by atoms with Crippen LogP contribution >= 0.6 is 0 Å². The molecule has 0 bridgehead atoms. The van der Waals surface area contributed by atoms with Crippen LogP contribution in [-0.4, -0.2) is 8.42 Å². The Morgan fingerprint density at radius 3 is 0.878 bits per heavy atom. The Labute approximate surface area is 287 Å². The van der Waals surface area contributed by atoms with Crippen LogP contribution in [0.15, 0.2) is 155 Å². The molecule has 0 radical (unpaired) electrons. The lowest BCUT2D eigenvalue weighted by molar-refractivity contribution is -0.269. The maximum atomic E-state index is 13.4. The number of hydrogen-bond donors (Lipinski definition) is 0. The molecule has 6 rings (SSSR count). The van der Waals surface area contributed by atoms with Crippen molar-refractivity contribution in [2.75, 3.05) is 0 Å². The summed E-state index contributed by atoms with van der Waals surface area (Å²) in [5.41, 5.74) is 3.61. The largest absolute Gasteiger partial charge is 0.872 e.